The molecule has 0 aliphatic rings. The summed E-state index contributed by atoms with van der Waals surface area (Å²) >= 11 is 9.99. The molecule has 0 radical (unpaired) electrons. The molecule has 0 aliphatic carbocycles. The molecule has 1 rings (SSSR count). The van der Waals surface area contributed by atoms with Crippen LogP contribution in [0.15, 0.2) is 21.5 Å². The third-order valence-electron chi connectivity index (χ3n) is 1.28. The number of hydrogen-bond donors (Lipinski definition) is 1. The lowest BCUT2D eigenvalue weighted by Crippen LogP contribution is -1.81. The topological polar surface area (TPSA) is 0 Å². The van der Waals surface area contributed by atoms with Gasteiger partial charge in [0.15, 0.2) is 0 Å². The molecule has 0 nitrogen and oxygen atoms in total. The standard InChI is InChI=1S/C7H6BrIS/c1-4-6(9)2-5(8)3-7(4)10/h2-3,10H,1H3. The molecular weight excluding hydrogens is 323 g/mol. The van der Waals surface area contributed by atoms with E-state index in [1.54, 1.807) is 0 Å². The Bertz CT molecular complexity index is 237. The van der Waals surface area contributed by atoms with Crippen molar-refractivity contribution in [2.75, 3.05) is 0 Å². The lowest BCUT2D eigenvalue weighted by molar-refractivity contribution is 1.27. The molecule has 1 aromatic rings. The van der Waals surface area contributed by atoms with Gasteiger partial charge in [-0.05, 0) is 47.2 Å². The summed E-state index contributed by atoms with van der Waals surface area (Å²) in [5.74, 6) is 0. The van der Waals surface area contributed by atoms with Gasteiger partial charge in [-0.3, -0.25) is 0 Å². The summed E-state index contributed by atoms with van der Waals surface area (Å²) in [6.45, 7) is 2.07. The van der Waals surface area contributed by atoms with Crippen molar-refractivity contribution in [2.45, 2.75) is 11.8 Å². The Kier molecular flexibility index (Phi) is 3.06. The van der Waals surface area contributed by atoms with Gasteiger partial charge in [0.05, 0.1) is 0 Å². The zero-order valence-corrected chi connectivity index (χ0v) is 10.00. The Morgan fingerprint density at radius 2 is 2.10 bits per heavy atom. The first kappa shape index (κ1) is 8.87. The number of hydrogen-bond acceptors (Lipinski definition) is 1. The van der Waals surface area contributed by atoms with Crippen LogP contribution in [-0.2, 0) is 0 Å². The van der Waals surface area contributed by atoms with Crippen molar-refractivity contribution in [3.8, 4) is 0 Å². The first-order valence-electron chi connectivity index (χ1n) is 2.76. The fourth-order valence-corrected chi connectivity index (χ4v) is 2.79. The Labute approximate surface area is 88.1 Å². The van der Waals surface area contributed by atoms with E-state index in [9.17, 15) is 0 Å². The summed E-state index contributed by atoms with van der Waals surface area (Å²) in [4.78, 5) is 1.04. The quantitative estimate of drug-likeness (QED) is 0.545. The van der Waals surface area contributed by atoms with Gasteiger partial charge >= 0.3 is 0 Å². The van der Waals surface area contributed by atoms with Gasteiger partial charge in [-0.1, -0.05) is 15.9 Å². The van der Waals surface area contributed by atoms with Gasteiger partial charge < -0.3 is 0 Å². The number of halogens is 2. The van der Waals surface area contributed by atoms with E-state index in [1.807, 2.05) is 6.07 Å². The predicted molar refractivity (Wildman–Crippen MR) is 58.8 cm³/mol. The minimum atomic E-state index is 1.04. The minimum absolute atomic E-state index is 1.04. The second-order valence-electron chi connectivity index (χ2n) is 2.03. The average Bonchev–Trinajstić information content (AvgIpc) is 1.82. The Morgan fingerprint density at radius 3 is 2.60 bits per heavy atom. The van der Waals surface area contributed by atoms with Crippen LogP contribution in [0, 0.1) is 10.5 Å². The van der Waals surface area contributed by atoms with E-state index < -0.39 is 0 Å². The van der Waals surface area contributed by atoms with Crippen molar-refractivity contribution in [3.63, 3.8) is 0 Å². The zero-order valence-electron chi connectivity index (χ0n) is 5.36. The average molecular weight is 329 g/mol. The highest BCUT2D eigenvalue weighted by Gasteiger charge is 1.99. The molecule has 54 valence electrons. The molecule has 0 spiro atoms. The van der Waals surface area contributed by atoms with Crippen molar-refractivity contribution < 1.29 is 0 Å². The Morgan fingerprint density at radius 1 is 1.50 bits per heavy atom. The SMILES string of the molecule is Cc1c(S)cc(Br)cc1I. The Hall–Kier alpha value is 0.780. The van der Waals surface area contributed by atoms with Crippen LogP contribution in [0.1, 0.15) is 5.56 Å². The van der Waals surface area contributed by atoms with Gasteiger partial charge in [-0.25, -0.2) is 0 Å². The summed E-state index contributed by atoms with van der Waals surface area (Å²) in [7, 11) is 0. The summed E-state index contributed by atoms with van der Waals surface area (Å²) < 4.78 is 2.34. The number of benzene rings is 1. The summed E-state index contributed by atoms with van der Waals surface area (Å²) in [6, 6.07) is 4.08. The molecule has 0 unspecified atom stereocenters. The molecule has 10 heavy (non-hydrogen) atoms. The highest BCUT2D eigenvalue weighted by Crippen LogP contribution is 2.24. The monoisotopic (exact) mass is 328 g/mol. The van der Waals surface area contributed by atoms with Gasteiger partial charge in [-0.15, -0.1) is 12.6 Å². The van der Waals surface area contributed by atoms with Crippen LogP contribution in [0.2, 0.25) is 0 Å². The fraction of sp³-hybridized carbons (Fsp3) is 0.143. The molecule has 0 aromatic heterocycles. The van der Waals surface area contributed by atoms with Gasteiger partial charge in [0, 0.05) is 12.9 Å². The maximum absolute atomic E-state index is 4.30. The second kappa shape index (κ2) is 3.45. The van der Waals surface area contributed by atoms with E-state index in [4.69, 9.17) is 0 Å². The maximum atomic E-state index is 4.30. The lowest BCUT2D eigenvalue weighted by Gasteiger charge is -2.01. The van der Waals surface area contributed by atoms with Crippen LogP contribution in [-0.4, -0.2) is 0 Å². The van der Waals surface area contributed by atoms with Crippen molar-refractivity contribution in [2.24, 2.45) is 0 Å². The van der Waals surface area contributed by atoms with E-state index >= 15 is 0 Å². The van der Waals surface area contributed by atoms with Crippen molar-refractivity contribution in [1.29, 1.82) is 0 Å². The maximum Gasteiger partial charge on any atom is 0.0197 e. The Balaban J connectivity index is 3.31. The van der Waals surface area contributed by atoms with E-state index in [1.165, 1.54) is 9.13 Å². The van der Waals surface area contributed by atoms with Crippen LogP contribution in [0.4, 0.5) is 0 Å². The fourth-order valence-electron chi connectivity index (χ4n) is 0.632. The van der Waals surface area contributed by atoms with E-state index in [0.717, 1.165) is 9.37 Å². The zero-order chi connectivity index (χ0) is 7.72. The van der Waals surface area contributed by atoms with E-state index in [0.29, 0.717) is 0 Å². The normalized spacial score (nSPS) is 10.0. The van der Waals surface area contributed by atoms with E-state index in [2.05, 4.69) is 64.1 Å². The molecule has 0 saturated heterocycles. The largest absolute Gasteiger partial charge is 0.143 e. The third kappa shape index (κ3) is 1.89. The molecule has 0 saturated carbocycles. The van der Waals surface area contributed by atoms with Crippen LogP contribution in [0.25, 0.3) is 0 Å². The van der Waals surface area contributed by atoms with Gasteiger partial charge in [-0.2, -0.15) is 0 Å². The first-order chi connectivity index (χ1) is 4.61. The number of thiol groups is 1. The summed E-state index contributed by atoms with van der Waals surface area (Å²) in [6.07, 6.45) is 0. The van der Waals surface area contributed by atoms with Crippen molar-refractivity contribution >= 4 is 51.1 Å². The molecular formula is C7H6BrIS. The van der Waals surface area contributed by atoms with E-state index in [-0.39, 0.29) is 0 Å². The van der Waals surface area contributed by atoms with Gasteiger partial charge in [0.2, 0.25) is 0 Å². The molecule has 1 aromatic carbocycles. The highest BCUT2D eigenvalue weighted by molar-refractivity contribution is 14.1. The van der Waals surface area contributed by atoms with Crippen molar-refractivity contribution in [3.05, 3.63) is 25.7 Å². The molecule has 0 aliphatic heterocycles. The van der Waals surface area contributed by atoms with Crippen molar-refractivity contribution in [1.82, 2.24) is 0 Å². The summed E-state index contributed by atoms with van der Waals surface area (Å²) in [5.41, 5.74) is 1.24. The van der Waals surface area contributed by atoms with Gasteiger partial charge in [0.25, 0.3) is 0 Å². The highest BCUT2D eigenvalue weighted by atomic mass is 127. The molecule has 0 bridgehead atoms. The van der Waals surface area contributed by atoms with Crippen LogP contribution in [0.3, 0.4) is 0 Å². The smallest absolute Gasteiger partial charge is 0.0197 e. The van der Waals surface area contributed by atoms with Crippen LogP contribution in [0.5, 0.6) is 0 Å². The molecule has 0 heterocycles. The molecule has 3 heteroatoms. The molecule has 0 N–H and O–H groups in total. The second-order valence-corrected chi connectivity index (χ2v) is 4.59. The van der Waals surface area contributed by atoms with Crippen LogP contribution < -0.4 is 0 Å². The molecule has 0 amide bonds. The summed E-state index contributed by atoms with van der Waals surface area (Å²) in [5, 5.41) is 0. The number of rotatable bonds is 0. The van der Waals surface area contributed by atoms with Crippen LogP contribution >= 0.6 is 51.1 Å². The van der Waals surface area contributed by atoms with Gasteiger partial charge in [0.1, 0.15) is 0 Å². The minimum Gasteiger partial charge on any atom is -0.143 e. The molecule has 0 atom stereocenters. The lowest BCUT2D eigenvalue weighted by atomic mass is 10.2. The third-order valence-corrected chi connectivity index (χ3v) is 3.32. The first-order valence-corrected chi connectivity index (χ1v) is 5.08. The molecule has 0 fully saturated rings. The predicted octanol–water partition coefficient (Wildman–Crippen LogP) is 3.65.